The Morgan fingerprint density at radius 1 is 1.50 bits per heavy atom. The van der Waals surface area contributed by atoms with Crippen LogP contribution in [0, 0.1) is 5.92 Å². The van der Waals surface area contributed by atoms with E-state index < -0.39 is 23.1 Å². The summed E-state index contributed by atoms with van der Waals surface area (Å²) < 4.78 is 5.25. The Bertz CT molecular complexity index is 506. The quantitative estimate of drug-likeness (QED) is 0.363. The van der Waals surface area contributed by atoms with Gasteiger partial charge >= 0.3 is 11.9 Å². The van der Waals surface area contributed by atoms with Crippen LogP contribution in [-0.2, 0) is 14.3 Å². The average Bonchev–Trinajstić information content (AvgIpc) is 2.80. The number of nitrogens with zero attached hydrogens (tertiary/aromatic N) is 1. The summed E-state index contributed by atoms with van der Waals surface area (Å²) >= 11 is 1.29. The third-order valence-corrected chi connectivity index (χ3v) is 3.67. The van der Waals surface area contributed by atoms with Crippen molar-refractivity contribution in [1.82, 2.24) is 4.98 Å². The molecule has 0 unspecified atom stereocenters. The molecule has 1 aromatic rings. The van der Waals surface area contributed by atoms with Crippen molar-refractivity contribution in [3.63, 3.8) is 0 Å². The molecule has 1 heterocycles. The van der Waals surface area contributed by atoms with Crippen LogP contribution < -0.4 is 5.32 Å². The highest BCUT2D eigenvalue weighted by Crippen LogP contribution is 2.22. The Kier molecular flexibility index (Phi) is 5.26. The summed E-state index contributed by atoms with van der Waals surface area (Å²) in [6, 6.07) is 0. The Labute approximate surface area is 121 Å². The van der Waals surface area contributed by atoms with Gasteiger partial charge in [0, 0.05) is 17.8 Å². The number of hydrogen-bond donors (Lipinski definition) is 2. The number of carbonyl (C=O) groups is 2. The standard InChI is InChI=1S/C13H18N2O4S/c1-8(2)13(3,4)19-11(18)9(10(16)17)7-15-12-14-5-6-20-12/h5-8H,1-4H3,(H,14,15)(H,16,17). The molecular formula is C13H18N2O4S. The lowest BCUT2D eigenvalue weighted by Crippen LogP contribution is -2.35. The largest absolute Gasteiger partial charge is 0.477 e. The van der Waals surface area contributed by atoms with Crippen molar-refractivity contribution in [2.45, 2.75) is 33.3 Å². The fourth-order valence-electron chi connectivity index (χ4n) is 1.05. The van der Waals surface area contributed by atoms with Crippen LogP contribution in [0.4, 0.5) is 5.13 Å². The number of nitrogens with one attached hydrogen (secondary N) is 1. The monoisotopic (exact) mass is 298 g/mol. The summed E-state index contributed by atoms with van der Waals surface area (Å²) in [6.45, 7) is 7.27. The van der Waals surface area contributed by atoms with Crippen LogP contribution in [0.3, 0.4) is 0 Å². The van der Waals surface area contributed by atoms with E-state index in [0.717, 1.165) is 6.20 Å². The highest BCUT2D eigenvalue weighted by molar-refractivity contribution is 7.13. The maximum Gasteiger partial charge on any atom is 0.347 e. The summed E-state index contributed by atoms with van der Waals surface area (Å²) in [4.78, 5) is 27.0. The summed E-state index contributed by atoms with van der Waals surface area (Å²) in [6.07, 6.45) is 2.67. The first-order chi connectivity index (χ1) is 9.24. The normalized spacial score (nSPS) is 12.3. The number of hydrogen-bond acceptors (Lipinski definition) is 6. The molecular weight excluding hydrogens is 280 g/mol. The van der Waals surface area contributed by atoms with Crippen molar-refractivity contribution in [2.75, 3.05) is 5.32 Å². The number of anilines is 1. The van der Waals surface area contributed by atoms with Crippen LogP contribution in [-0.4, -0.2) is 27.6 Å². The summed E-state index contributed by atoms with van der Waals surface area (Å²) in [7, 11) is 0. The number of thiazole rings is 1. The molecule has 0 aliphatic carbocycles. The molecule has 0 radical (unpaired) electrons. The second-order valence-electron chi connectivity index (χ2n) is 4.99. The molecule has 110 valence electrons. The Hall–Kier alpha value is -1.89. The highest BCUT2D eigenvalue weighted by atomic mass is 32.1. The zero-order valence-corrected chi connectivity index (χ0v) is 12.7. The van der Waals surface area contributed by atoms with Crippen LogP contribution in [0.1, 0.15) is 27.7 Å². The summed E-state index contributed by atoms with van der Waals surface area (Å²) in [5, 5.41) is 14.0. The Balaban J connectivity index is 2.83. The molecule has 0 spiro atoms. The van der Waals surface area contributed by atoms with Crippen molar-refractivity contribution in [3.8, 4) is 0 Å². The molecule has 6 nitrogen and oxygen atoms in total. The minimum absolute atomic E-state index is 0.0633. The van der Waals surface area contributed by atoms with E-state index in [1.165, 1.54) is 11.3 Å². The first-order valence-corrected chi connectivity index (χ1v) is 6.95. The van der Waals surface area contributed by atoms with E-state index in [9.17, 15) is 9.59 Å². The molecule has 0 aliphatic rings. The van der Waals surface area contributed by atoms with Gasteiger partial charge in [-0.1, -0.05) is 13.8 Å². The number of carboxylic acid groups (broad SMARTS) is 1. The van der Waals surface area contributed by atoms with Gasteiger partial charge in [-0.2, -0.15) is 0 Å². The Morgan fingerprint density at radius 2 is 2.15 bits per heavy atom. The number of rotatable bonds is 6. The van der Waals surface area contributed by atoms with Crippen molar-refractivity contribution < 1.29 is 19.4 Å². The number of aromatic nitrogens is 1. The third kappa shape index (κ3) is 4.34. The molecule has 0 saturated carbocycles. The van der Waals surface area contributed by atoms with Gasteiger partial charge in [-0.05, 0) is 19.8 Å². The van der Waals surface area contributed by atoms with Gasteiger partial charge in [0.25, 0.3) is 0 Å². The second-order valence-corrected chi connectivity index (χ2v) is 5.89. The van der Waals surface area contributed by atoms with Crippen LogP contribution in [0.5, 0.6) is 0 Å². The van der Waals surface area contributed by atoms with E-state index in [2.05, 4.69) is 10.3 Å². The van der Waals surface area contributed by atoms with E-state index in [-0.39, 0.29) is 5.92 Å². The van der Waals surface area contributed by atoms with Crippen LogP contribution in [0.2, 0.25) is 0 Å². The summed E-state index contributed by atoms with van der Waals surface area (Å²) in [5.41, 5.74) is -1.21. The van der Waals surface area contributed by atoms with Crippen molar-refractivity contribution in [3.05, 3.63) is 23.3 Å². The SMILES string of the molecule is CC(C)C(C)(C)OC(=O)C(=CNc1nccs1)C(=O)O. The van der Waals surface area contributed by atoms with E-state index in [4.69, 9.17) is 9.84 Å². The third-order valence-electron chi connectivity index (χ3n) is 2.97. The molecule has 7 heteroatoms. The number of esters is 1. The zero-order chi connectivity index (χ0) is 15.3. The van der Waals surface area contributed by atoms with Gasteiger partial charge in [0.2, 0.25) is 0 Å². The maximum atomic E-state index is 11.9. The second kappa shape index (κ2) is 6.51. The van der Waals surface area contributed by atoms with Crippen molar-refractivity contribution in [2.24, 2.45) is 5.92 Å². The lowest BCUT2D eigenvalue weighted by Gasteiger charge is -2.29. The Morgan fingerprint density at radius 3 is 2.60 bits per heavy atom. The fraction of sp³-hybridized carbons (Fsp3) is 0.462. The van der Waals surface area contributed by atoms with E-state index in [0.29, 0.717) is 5.13 Å². The molecule has 2 N–H and O–H groups in total. The predicted octanol–water partition coefficient (Wildman–Crippen LogP) is 2.50. The maximum absolute atomic E-state index is 11.9. The molecule has 0 aliphatic heterocycles. The lowest BCUT2D eigenvalue weighted by molar-refractivity contribution is -0.157. The van der Waals surface area contributed by atoms with Crippen LogP contribution in [0.15, 0.2) is 23.3 Å². The number of aliphatic carboxylic acids is 1. The molecule has 0 saturated heterocycles. The van der Waals surface area contributed by atoms with Crippen LogP contribution in [0.25, 0.3) is 0 Å². The molecule has 0 atom stereocenters. The van der Waals surface area contributed by atoms with Gasteiger partial charge in [0.1, 0.15) is 5.60 Å². The van der Waals surface area contributed by atoms with E-state index in [1.54, 1.807) is 25.4 Å². The zero-order valence-electron chi connectivity index (χ0n) is 11.8. The fourth-order valence-corrected chi connectivity index (χ4v) is 1.55. The van der Waals surface area contributed by atoms with Gasteiger partial charge in [-0.15, -0.1) is 11.3 Å². The van der Waals surface area contributed by atoms with Gasteiger partial charge in [-0.3, -0.25) is 0 Å². The summed E-state index contributed by atoms with van der Waals surface area (Å²) in [5.74, 6) is -2.16. The first-order valence-electron chi connectivity index (χ1n) is 6.07. The first kappa shape index (κ1) is 16.2. The minimum atomic E-state index is -1.35. The van der Waals surface area contributed by atoms with E-state index >= 15 is 0 Å². The van der Waals surface area contributed by atoms with Gasteiger partial charge < -0.3 is 15.2 Å². The highest BCUT2D eigenvalue weighted by Gasteiger charge is 2.30. The van der Waals surface area contributed by atoms with Crippen molar-refractivity contribution in [1.29, 1.82) is 0 Å². The minimum Gasteiger partial charge on any atom is -0.477 e. The predicted molar refractivity (Wildman–Crippen MR) is 76.5 cm³/mol. The van der Waals surface area contributed by atoms with Gasteiger partial charge in [-0.25, -0.2) is 14.6 Å². The van der Waals surface area contributed by atoms with Gasteiger partial charge in [0.15, 0.2) is 10.7 Å². The lowest BCUT2D eigenvalue weighted by atomic mass is 9.94. The molecule has 0 amide bonds. The molecule has 1 aromatic heterocycles. The average molecular weight is 298 g/mol. The van der Waals surface area contributed by atoms with Gasteiger partial charge in [0.05, 0.1) is 0 Å². The number of ether oxygens (including phenoxy) is 1. The van der Waals surface area contributed by atoms with E-state index in [1.807, 2.05) is 13.8 Å². The molecule has 20 heavy (non-hydrogen) atoms. The molecule has 0 fully saturated rings. The smallest absolute Gasteiger partial charge is 0.347 e. The van der Waals surface area contributed by atoms with Crippen molar-refractivity contribution >= 4 is 28.4 Å². The molecule has 0 aromatic carbocycles. The van der Waals surface area contributed by atoms with Crippen LogP contribution >= 0.6 is 11.3 Å². The molecule has 1 rings (SSSR count). The number of carbonyl (C=O) groups excluding carboxylic acids is 1. The topological polar surface area (TPSA) is 88.5 Å². The number of carboxylic acids is 1. The molecule has 0 bridgehead atoms.